The second-order valence-corrected chi connectivity index (χ2v) is 5.79. The second kappa shape index (κ2) is 7.28. The van der Waals surface area contributed by atoms with Crippen LogP contribution in [0.1, 0.15) is 31.0 Å². The van der Waals surface area contributed by atoms with Crippen LogP contribution in [0.15, 0.2) is 54.6 Å². The van der Waals surface area contributed by atoms with Crippen LogP contribution < -0.4 is 10.6 Å². The van der Waals surface area contributed by atoms with E-state index in [0.29, 0.717) is 5.92 Å². The van der Waals surface area contributed by atoms with E-state index in [1.165, 1.54) is 16.8 Å². The Labute approximate surface area is 128 Å². The maximum atomic E-state index is 6.42. The molecular formula is C19H26N2. The summed E-state index contributed by atoms with van der Waals surface area (Å²) in [5.74, 6) is 0.396. The summed E-state index contributed by atoms with van der Waals surface area (Å²) < 4.78 is 0. The van der Waals surface area contributed by atoms with Crippen molar-refractivity contribution in [2.75, 3.05) is 18.0 Å². The summed E-state index contributed by atoms with van der Waals surface area (Å²) in [7, 11) is 0. The Morgan fingerprint density at radius 2 is 1.76 bits per heavy atom. The zero-order valence-corrected chi connectivity index (χ0v) is 13.3. The third-order valence-corrected chi connectivity index (χ3v) is 4.05. The molecule has 0 saturated carbocycles. The molecule has 2 N–H and O–H groups in total. The number of nitrogens with two attached hydrogens (primary N) is 1. The molecular weight excluding hydrogens is 256 g/mol. The van der Waals surface area contributed by atoms with Gasteiger partial charge in [-0.25, -0.2) is 0 Å². The van der Waals surface area contributed by atoms with Gasteiger partial charge in [-0.15, -0.1) is 0 Å². The van der Waals surface area contributed by atoms with Crippen LogP contribution in [-0.4, -0.2) is 13.1 Å². The molecule has 0 amide bonds. The van der Waals surface area contributed by atoms with Crippen molar-refractivity contribution >= 4 is 5.69 Å². The lowest BCUT2D eigenvalue weighted by molar-refractivity contribution is 0.466. The Balaban J connectivity index is 2.08. The van der Waals surface area contributed by atoms with Crippen LogP contribution >= 0.6 is 0 Å². The minimum atomic E-state index is 0.0741. The fraction of sp³-hybridized carbons (Fsp3) is 0.368. The monoisotopic (exact) mass is 282 g/mol. The van der Waals surface area contributed by atoms with Crippen molar-refractivity contribution in [2.24, 2.45) is 11.7 Å². The second-order valence-electron chi connectivity index (χ2n) is 5.79. The predicted molar refractivity (Wildman–Crippen MR) is 91.6 cm³/mol. The van der Waals surface area contributed by atoms with Gasteiger partial charge in [0.05, 0.1) is 0 Å². The van der Waals surface area contributed by atoms with Gasteiger partial charge in [-0.2, -0.15) is 0 Å². The molecule has 0 aromatic heterocycles. The van der Waals surface area contributed by atoms with Crippen molar-refractivity contribution in [1.29, 1.82) is 0 Å². The van der Waals surface area contributed by atoms with E-state index in [-0.39, 0.29) is 6.04 Å². The van der Waals surface area contributed by atoms with Gasteiger partial charge in [0.1, 0.15) is 0 Å². The number of anilines is 1. The molecule has 0 aliphatic heterocycles. The van der Waals surface area contributed by atoms with Crippen molar-refractivity contribution in [3.05, 3.63) is 65.7 Å². The molecule has 0 radical (unpaired) electrons. The highest BCUT2D eigenvalue weighted by Crippen LogP contribution is 2.23. The highest BCUT2D eigenvalue weighted by Gasteiger charge is 2.17. The molecule has 2 atom stereocenters. The number of benzene rings is 2. The predicted octanol–water partition coefficient (Wildman–Crippen LogP) is 4.16. The third-order valence-electron chi connectivity index (χ3n) is 4.05. The summed E-state index contributed by atoms with van der Waals surface area (Å²) in [5, 5.41) is 0. The average molecular weight is 282 g/mol. The van der Waals surface area contributed by atoms with Crippen LogP contribution in [-0.2, 0) is 0 Å². The molecule has 112 valence electrons. The molecule has 21 heavy (non-hydrogen) atoms. The Morgan fingerprint density at radius 1 is 1.05 bits per heavy atom. The van der Waals surface area contributed by atoms with Gasteiger partial charge >= 0.3 is 0 Å². The smallest absolute Gasteiger partial charge is 0.0368 e. The largest absolute Gasteiger partial charge is 0.371 e. The quantitative estimate of drug-likeness (QED) is 0.862. The third kappa shape index (κ3) is 4.08. The van der Waals surface area contributed by atoms with Gasteiger partial charge in [-0.05, 0) is 43.0 Å². The number of aryl methyl sites for hydroxylation is 1. The van der Waals surface area contributed by atoms with Crippen molar-refractivity contribution in [1.82, 2.24) is 0 Å². The van der Waals surface area contributed by atoms with Crippen molar-refractivity contribution in [2.45, 2.75) is 26.8 Å². The first-order chi connectivity index (χ1) is 10.1. The average Bonchev–Trinajstić information content (AvgIpc) is 2.52. The van der Waals surface area contributed by atoms with E-state index in [9.17, 15) is 0 Å². The molecule has 2 rings (SSSR count). The zero-order valence-electron chi connectivity index (χ0n) is 13.3. The fourth-order valence-corrected chi connectivity index (χ4v) is 2.71. The van der Waals surface area contributed by atoms with Crippen LogP contribution in [0.2, 0.25) is 0 Å². The summed E-state index contributed by atoms with van der Waals surface area (Å²) in [6.07, 6.45) is 0. The van der Waals surface area contributed by atoms with E-state index in [2.05, 4.69) is 74.2 Å². The Hall–Kier alpha value is -1.80. The molecule has 2 nitrogen and oxygen atoms in total. The molecule has 0 saturated heterocycles. The first-order valence-electron chi connectivity index (χ1n) is 7.74. The summed E-state index contributed by atoms with van der Waals surface area (Å²) in [4.78, 5) is 2.40. The van der Waals surface area contributed by atoms with E-state index in [1.807, 2.05) is 6.07 Å². The molecule has 2 aromatic carbocycles. The molecule has 0 aliphatic carbocycles. The SMILES string of the molecule is CCN(CC(C)C(N)c1ccccc1)c1cccc(C)c1. The van der Waals surface area contributed by atoms with Gasteiger partial charge in [0.2, 0.25) is 0 Å². The Bertz CT molecular complexity index is 551. The van der Waals surface area contributed by atoms with E-state index in [1.54, 1.807) is 0 Å². The highest BCUT2D eigenvalue weighted by atomic mass is 15.1. The fourth-order valence-electron chi connectivity index (χ4n) is 2.71. The summed E-state index contributed by atoms with van der Waals surface area (Å²) in [6.45, 7) is 8.53. The minimum Gasteiger partial charge on any atom is -0.371 e. The zero-order chi connectivity index (χ0) is 15.2. The van der Waals surface area contributed by atoms with E-state index < -0.39 is 0 Å². The molecule has 0 spiro atoms. The summed E-state index contributed by atoms with van der Waals surface area (Å²) in [6, 6.07) is 19.1. The van der Waals surface area contributed by atoms with Gasteiger partial charge in [0.25, 0.3) is 0 Å². The van der Waals surface area contributed by atoms with Gasteiger partial charge in [-0.1, -0.05) is 49.4 Å². The topological polar surface area (TPSA) is 29.3 Å². The first-order valence-corrected chi connectivity index (χ1v) is 7.74. The highest BCUT2D eigenvalue weighted by molar-refractivity contribution is 5.48. The van der Waals surface area contributed by atoms with E-state index in [4.69, 9.17) is 5.73 Å². The Kier molecular flexibility index (Phi) is 5.40. The molecule has 0 heterocycles. The summed E-state index contributed by atoms with van der Waals surface area (Å²) in [5.41, 5.74) is 10.2. The first kappa shape index (κ1) is 15.6. The minimum absolute atomic E-state index is 0.0741. The lowest BCUT2D eigenvalue weighted by Gasteiger charge is -2.30. The van der Waals surface area contributed by atoms with Crippen molar-refractivity contribution < 1.29 is 0 Å². The van der Waals surface area contributed by atoms with Gasteiger partial charge in [0, 0.05) is 24.8 Å². The lowest BCUT2D eigenvalue weighted by Crippen LogP contribution is -2.33. The van der Waals surface area contributed by atoms with Crippen LogP contribution in [0.4, 0.5) is 5.69 Å². The molecule has 0 fully saturated rings. The number of hydrogen-bond donors (Lipinski definition) is 1. The molecule has 2 unspecified atom stereocenters. The van der Waals surface area contributed by atoms with Crippen LogP contribution in [0.25, 0.3) is 0 Å². The number of rotatable bonds is 6. The van der Waals surface area contributed by atoms with Gasteiger partial charge < -0.3 is 10.6 Å². The normalized spacial score (nSPS) is 13.7. The van der Waals surface area contributed by atoms with E-state index in [0.717, 1.165) is 13.1 Å². The van der Waals surface area contributed by atoms with E-state index >= 15 is 0 Å². The standard InChI is InChI=1S/C19H26N2/c1-4-21(18-12-8-9-15(2)13-18)14-16(3)19(20)17-10-6-5-7-11-17/h5-13,16,19H,4,14,20H2,1-3H3. The lowest BCUT2D eigenvalue weighted by atomic mass is 9.94. The molecule has 0 bridgehead atoms. The molecule has 2 aromatic rings. The molecule has 0 aliphatic rings. The number of nitrogens with zero attached hydrogens (tertiary/aromatic N) is 1. The maximum absolute atomic E-state index is 6.42. The van der Waals surface area contributed by atoms with Crippen molar-refractivity contribution in [3.63, 3.8) is 0 Å². The molecule has 2 heteroatoms. The van der Waals surface area contributed by atoms with Crippen molar-refractivity contribution in [3.8, 4) is 0 Å². The maximum Gasteiger partial charge on any atom is 0.0368 e. The van der Waals surface area contributed by atoms with Gasteiger partial charge in [0.15, 0.2) is 0 Å². The Morgan fingerprint density at radius 3 is 2.38 bits per heavy atom. The van der Waals surface area contributed by atoms with Crippen LogP contribution in [0.3, 0.4) is 0 Å². The van der Waals surface area contributed by atoms with Gasteiger partial charge in [-0.3, -0.25) is 0 Å². The van der Waals surface area contributed by atoms with Crippen LogP contribution in [0, 0.1) is 12.8 Å². The van der Waals surface area contributed by atoms with Crippen LogP contribution in [0.5, 0.6) is 0 Å². The number of hydrogen-bond acceptors (Lipinski definition) is 2. The summed E-state index contributed by atoms with van der Waals surface area (Å²) >= 11 is 0.